The molecule has 0 aliphatic carbocycles. The Balaban J connectivity index is 1.74. The molecule has 1 aliphatic heterocycles. The van der Waals surface area contributed by atoms with E-state index in [-0.39, 0.29) is 11.9 Å². The van der Waals surface area contributed by atoms with Crippen LogP contribution >= 0.6 is 23.2 Å². The van der Waals surface area contributed by atoms with Crippen LogP contribution in [0.1, 0.15) is 24.2 Å². The highest BCUT2D eigenvalue weighted by Gasteiger charge is 2.27. The van der Waals surface area contributed by atoms with Gasteiger partial charge in [-0.2, -0.15) is 0 Å². The molecule has 134 valence electrons. The minimum absolute atomic E-state index is 0.0874. The van der Waals surface area contributed by atoms with Crippen molar-refractivity contribution in [1.82, 2.24) is 9.80 Å². The van der Waals surface area contributed by atoms with Crippen molar-refractivity contribution in [2.75, 3.05) is 20.1 Å². The van der Waals surface area contributed by atoms with Gasteiger partial charge >= 0.3 is 0 Å². The highest BCUT2D eigenvalue weighted by atomic mass is 35.5. The molecular weight excluding hydrogens is 359 g/mol. The first-order chi connectivity index (χ1) is 12.0. The molecule has 0 saturated carbocycles. The van der Waals surface area contributed by atoms with E-state index in [2.05, 4.69) is 11.9 Å². The van der Waals surface area contributed by atoms with Crippen molar-refractivity contribution in [3.63, 3.8) is 0 Å². The van der Waals surface area contributed by atoms with Gasteiger partial charge in [-0.25, -0.2) is 0 Å². The Labute approximate surface area is 158 Å². The van der Waals surface area contributed by atoms with E-state index in [0.717, 1.165) is 37.3 Å². The zero-order valence-corrected chi connectivity index (χ0v) is 15.8. The van der Waals surface area contributed by atoms with Gasteiger partial charge in [-0.1, -0.05) is 29.3 Å². The molecule has 25 heavy (non-hydrogen) atoms. The fraction of sp³-hybridized carbons (Fsp3) is 0.421. The van der Waals surface area contributed by atoms with Gasteiger partial charge < -0.3 is 14.2 Å². The third-order valence-electron chi connectivity index (χ3n) is 4.69. The molecule has 6 heteroatoms. The van der Waals surface area contributed by atoms with Crippen molar-refractivity contribution >= 4 is 29.1 Å². The SMILES string of the molecule is CN1CCC(N(Cc2ccco2)C(=O)Cc2ccc(Cl)c(Cl)c2)CC1. The summed E-state index contributed by atoms with van der Waals surface area (Å²) in [7, 11) is 2.12. The molecule has 1 fully saturated rings. The van der Waals surface area contributed by atoms with Crippen molar-refractivity contribution in [2.24, 2.45) is 0 Å². The number of hydrogen-bond donors (Lipinski definition) is 0. The summed E-state index contributed by atoms with van der Waals surface area (Å²) >= 11 is 12.0. The summed E-state index contributed by atoms with van der Waals surface area (Å²) in [5, 5.41) is 0.976. The van der Waals surface area contributed by atoms with E-state index in [0.29, 0.717) is 23.0 Å². The van der Waals surface area contributed by atoms with Crippen molar-refractivity contribution in [2.45, 2.75) is 31.8 Å². The summed E-state index contributed by atoms with van der Waals surface area (Å²) in [5.74, 6) is 0.894. The van der Waals surface area contributed by atoms with Crippen molar-refractivity contribution < 1.29 is 9.21 Å². The summed E-state index contributed by atoms with van der Waals surface area (Å²) in [5.41, 5.74) is 0.872. The lowest BCUT2D eigenvalue weighted by atomic mass is 10.0. The maximum Gasteiger partial charge on any atom is 0.227 e. The number of rotatable bonds is 5. The topological polar surface area (TPSA) is 36.7 Å². The normalized spacial score (nSPS) is 16.1. The molecule has 2 heterocycles. The second-order valence-electron chi connectivity index (χ2n) is 6.56. The van der Waals surface area contributed by atoms with Crippen LogP contribution in [0.25, 0.3) is 0 Å². The van der Waals surface area contributed by atoms with Crippen LogP contribution in [0.3, 0.4) is 0 Å². The number of carbonyl (C=O) groups excluding carboxylic acids is 1. The average molecular weight is 381 g/mol. The summed E-state index contributed by atoms with van der Waals surface area (Å²) in [4.78, 5) is 17.3. The first kappa shape index (κ1) is 18.3. The van der Waals surface area contributed by atoms with Gasteiger partial charge in [-0.15, -0.1) is 0 Å². The molecule has 3 rings (SSSR count). The molecule has 1 aliphatic rings. The lowest BCUT2D eigenvalue weighted by Crippen LogP contribution is -2.46. The zero-order chi connectivity index (χ0) is 17.8. The Bertz CT molecular complexity index is 710. The molecule has 0 atom stereocenters. The lowest BCUT2D eigenvalue weighted by Gasteiger charge is -2.37. The number of halogens is 2. The number of piperidine rings is 1. The molecule has 0 N–H and O–H groups in total. The van der Waals surface area contributed by atoms with E-state index in [1.165, 1.54) is 0 Å². The molecule has 1 saturated heterocycles. The molecule has 1 aromatic carbocycles. The van der Waals surface area contributed by atoms with Gasteiger partial charge in [-0.05, 0) is 62.8 Å². The third kappa shape index (κ3) is 4.78. The van der Waals surface area contributed by atoms with E-state index < -0.39 is 0 Å². The predicted octanol–water partition coefficient (Wildman–Crippen LogP) is 4.25. The van der Waals surface area contributed by atoms with E-state index in [9.17, 15) is 4.79 Å². The zero-order valence-electron chi connectivity index (χ0n) is 14.3. The molecule has 1 amide bonds. The smallest absolute Gasteiger partial charge is 0.227 e. The van der Waals surface area contributed by atoms with Gasteiger partial charge in [0.1, 0.15) is 5.76 Å². The predicted molar refractivity (Wildman–Crippen MR) is 99.9 cm³/mol. The van der Waals surface area contributed by atoms with Gasteiger partial charge in [-0.3, -0.25) is 4.79 Å². The molecule has 4 nitrogen and oxygen atoms in total. The number of nitrogens with zero attached hydrogens (tertiary/aromatic N) is 2. The van der Waals surface area contributed by atoms with Crippen LogP contribution in [-0.2, 0) is 17.8 Å². The number of benzene rings is 1. The van der Waals surface area contributed by atoms with Crippen LogP contribution in [0, 0.1) is 0 Å². The largest absolute Gasteiger partial charge is 0.467 e. The van der Waals surface area contributed by atoms with Crippen LogP contribution in [0.5, 0.6) is 0 Å². The van der Waals surface area contributed by atoms with E-state index in [1.54, 1.807) is 18.4 Å². The first-order valence-electron chi connectivity index (χ1n) is 8.47. The van der Waals surface area contributed by atoms with Crippen molar-refractivity contribution in [3.05, 3.63) is 58.0 Å². The lowest BCUT2D eigenvalue weighted by molar-refractivity contribution is -0.134. The first-order valence-corrected chi connectivity index (χ1v) is 9.23. The van der Waals surface area contributed by atoms with Gasteiger partial charge in [0.2, 0.25) is 5.91 Å². The number of likely N-dealkylation sites (tertiary alicyclic amines) is 1. The van der Waals surface area contributed by atoms with Crippen molar-refractivity contribution in [1.29, 1.82) is 0 Å². The molecule has 2 aromatic rings. The fourth-order valence-corrected chi connectivity index (χ4v) is 3.54. The summed E-state index contributed by atoms with van der Waals surface area (Å²) in [6, 6.07) is 9.35. The number of carbonyl (C=O) groups is 1. The highest BCUT2D eigenvalue weighted by Crippen LogP contribution is 2.24. The van der Waals surface area contributed by atoms with Gasteiger partial charge in [0.05, 0.1) is 29.3 Å². The highest BCUT2D eigenvalue weighted by molar-refractivity contribution is 6.42. The molecule has 0 unspecified atom stereocenters. The van der Waals surface area contributed by atoms with Crippen LogP contribution in [0.15, 0.2) is 41.0 Å². The molecule has 0 bridgehead atoms. The molecule has 1 aromatic heterocycles. The Hall–Kier alpha value is -1.49. The van der Waals surface area contributed by atoms with Gasteiger partial charge in [0.25, 0.3) is 0 Å². The van der Waals surface area contributed by atoms with Crippen LogP contribution in [0.2, 0.25) is 10.0 Å². The summed E-state index contributed by atoms with van der Waals surface area (Å²) < 4.78 is 5.47. The second kappa shape index (κ2) is 8.26. The summed E-state index contributed by atoms with van der Waals surface area (Å²) in [6.07, 6.45) is 3.91. The van der Waals surface area contributed by atoms with E-state index in [4.69, 9.17) is 27.6 Å². The number of amides is 1. The van der Waals surface area contributed by atoms with Crippen LogP contribution < -0.4 is 0 Å². The second-order valence-corrected chi connectivity index (χ2v) is 7.38. The Morgan fingerprint density at radius 1 is 1.24 bits per heavy atom. The molecular formula is C19H22Cl2N2O2. The summed E-state index contributed by atoms with van der Waals surface area (Å²) in [6.45, 7) is 2.50. The van der Waals surface area contributed by atoms with Gasteiger partial charge in [0.15, 0.2) is 0 Å². The standard InChI is InChI=1S/C19H22Cl2N2O2/c1-22-8-6-15(7-9-22)23(13-16-3-2-10-25-16)19(24)12-14-4-5-17(20)18(21)11-14/h2-5,10-11,15H,6-9,12-13H2,1H3. The third-order valence-corrected chi connectivity index (χ3v) is 5.43. The Morgan fingerprint density at radius 2 is 2.00 bits per heavy atom. The van der Waals surface area contributed by atoms with Crippen LogP contribution in [0.4, 0.5) is 0 Å². The van der Waals surface area contributed by atoms with E-state index in [1.807, 2.05) is 23.1 Å². The van der Waals surface area contributed by atoms with Crippen molar-refractivity contribution in [3.8, 4) is 0 Å². The minimum atomic E-state index is 0.0874. The Morgan fingerprint density at radius 3 is 2.64 bits per heavy atom. The van der Waals surface area contributed by atoms with E-state index >= 15 is 0 Å². The quantitative estimate of drug-likeness (QED) is 0.777. The molecule has 0 spiro atoms. The number of furan rings is 1. The Kier molecular flexibility index (Phi) is 6.05. The number of hydrogen-bond acceptors (Lipinski definition) is 3. The average Bonchev–Trinajstić information content (AvgIpc) is 3.10. The monoisotopic (exact) mass is 380 g/mol. The maximum absolute atomic E-state index is 13.0. The molecule has 0 radical (unpaired) electrons. The fourth-order valence-electron chi connectivity index (χ4n) is 3.22. The van der Waals surface area contributed by atoms with Gasteiger partial charge in [0, 0.05) is 6.04 Å². The maximum atomic E-state index is 13.0. The van der Waals surface area contributed by atoms with Crippen LogP contribution in [-0.4, -0.2) is 41.9 Å². The minimum Gasteiger partial charge on any atom is -0.467 e.